The van der Waals surface area contributed by atoms with Gasteiger partial charge in [-0.05, 0) is 18.8 Å². The van der Waals surface area contributed by atoms with Gasteiger partial charge in [-0.15, -0.1) is 0 Å². The molecule has 1 aliphatic heterocycles. The molecule has 92 valence electrons. The number of hydrogen-bond acceptors (Lipinski definition) is 2. The molecule has 0 aliphatic carbocycles. The highest BCUT2D eigenvalue weighted by Crippen LogP contribution is 2.22. The summed E-state index contributed by atoms with van der Waals surface area (Å²) < 4.78 is 5.02. The first-order chi connectivity index (χ1) is 7.77. The number of likely N-dealkylation sites (tertiary alicyclic amines) is 1. The third-order valence-corrected chi connectivity index (χ3v) is 3.16. The number of carbonyl (C=O) groups is 1. The molecule has 0 radical (unpaired) electrons. The van der Waals surface area contributed by atoms with Crippen LogP contribution in [0.4, 0.5) is 4.79 Å². The zero-order chi connectivity index (χ0) is 11.8. The maximum absolute atomic E-state index is 11.5. The number of carbonyl (C=O) groups excluding carboxylic acids is 1. The first kappa shape index (κ1) is 13.1. The van der Waals surface area contributed by atoms with Crippen molar-refractivity contribution in [3.05, 3.63) is 12.7 Å². The van der Waals surface area contributed by atoms with Crippen LogP contribution < -0.4 is 0 Å². The fourth-order valence-corrected chi connectivity index (χ4v) is 2.12. The topological polar surface area (TPSA) is 29.5 Å². The number of amides is 1. The van der Waals surface area contributed by atoms with Gasteiger partial charge in [0.25, 0.3) is 0 Å². The van der Waals surface area contributed by atoms with Gasteiger partial charge in [-0.3, -0.25) is 0 Å². The second kappa shape index (κ2) is 7.31. The Hall–Kier alpha value is -0.990. The molecule has 1 amide bonds. The van der Waals surface area contributed by atoms with Gasteiger partial charge in [-0.25, -0.2) is 4.79 Å². The molecule has 3 nitrogen and oxygen atoms in total. The summed E-state index contributed by atoms with van der Waals surface area (Å²) in [6.07, 6.45) is 7.56. The Morgan fingerprint density at radius 2 is 2.19 bits per heavy atom. The predicted octanol–water partition coefficient (Wildman–Crippen LogP) is 3.21. The van der Waals surface area contributed by atoms with E-state index >= 15 is 0 Å². The summed E-state index contributed by atoms with van der Waals surface area (Å²) in [4.78, 5) is 13.3. The third kappa shape index (κ3) is 4.25. The first-order valence-electron chi connectivity index (χ1n) is 6.30. The fourth-order valence-electron chi connectivity index (χ4n) is 2.12. The monoisotopic (exact) mass is 225 g/mol. The van der Waals surface area contributed by atoms with Crippen molar-refractivity contribution in [1.82, 2.24) is 4.90 Å². The van der Waals surface area contributed by atoms with E-state index in [-0.39, 0.29) is 6.09 Å². The van der Waals surface area contributed by atoms with Crippen LogP contribution in [0.25, 0.3) is 0 Å². The van der Waals surface area contributed by atoms with Gasteiger partial charge in [-0.1, -0.05) is 38.8 Å². The van der Waals surface area contributed by atoms with E-state index in [2.05, 4.69) is 13.5 Å². The van der Waals surface area contributed by atoms with E-state index in [9.17, 15) is 4.79 Å². The summed E-state index contributed by atoms with van der Waals surface area (Å²) in [5.74, 6) is 0.809. The zero-order valence-corrected chi connectivity index (χ0v) is 10.3. The molecule has 0 aromatic rings. The van der Waals surface area contributed by atoms with Crippen LogP contribution in [0.2, 0.25) is 0 Å². The average molecular weight is 225 g/mol. The largest absolute Gasteiger partial charge is 0.445 e. The van der Waals surface area contributed by atoms with Gasteiger partial charge in [0.15, 0.2) is 0 Å². The molecule has 1 rings (SSSR count). The van der Waals surface area contributed by atoms with Gasteiger partial charge in [0, 0.05) is 13.1 Å². The molecule has 0 aromatic carbocycles. The second-order valence-electron chi connectivity index (χ2n) is 4.44. The third-order valence-electron chi connectivity index (χ3n) is 3.16. The van der Waals surface area contributed by atoms with Crippen molar-refractivity contribution >= 4 is 6.09 Å². The molecule has 16 heavy (non-hydrogen) atoms. The molecule has 0 N–H and O–H groups in total. The summed E-state index contributed by atoms with van der Waals surface area (Å²) in [5, 5.41) is 0. The molecule has 1 heterocycles. The van der Waals surface area contributed by atoms with Crippen molar-refractivity contribution in [2.45, 2.75) is 39.0 Å². The summed E-state index contributed by atoms with van der Waals surface area (Å²) in [6.45, 7) is 7.77. The highest BCUT2D eigenvalue weighted by atomic mass is 16.6. The van der Waals surface area contributed by atoms with Crippen molar-refractivity contribution in [3.8, 4) is 0 Å². The minimum absolute atomic E-state index is 0.186. The van der Waals surface area contributed by atoms with Crippen LogP contribution >= 0.6 is 0 Å². The van der Waals surface area contributed by atoms with Crippen LogP contribution in [-0.2, 0) is 4.74 Å². The summed E-state index contributed by atoms with van der Waals surface area (Å²) in [7, 11) is 0. The van der Waals surface area contributed by atoms with E-state index in [0.29, 0.717) is 6.61 Å². The number of ether oxygens (including phenoxy) is 1. The van der Waals surface area contributed by atoms with Gasteiger partial charge in [0.2, 0.25) is 0 Å². The SMILES string of the molecule is C=CCOC(=O)N1CCC(CCCC)CC1. The molecule has 0 bridgehead atoms. The maximum atomic E-state index is 11.5. The van der Waals surface area contributed by atoms with Crippen molar-refractivity contribution in [2.24, 2.45) is 5.92 Å². The summed E-state index contributed by atoms with van der Waals surface area (Å²) >= 11 is 0. The standard InChI is InChI=1S/C13H23NO2/c1-3-5-6-12-7-9-14(10-8-12)13(15)16-11-4-2/h4,12H,2-3,5-11H2,1H3. The Morgan fingerprint density at radius 3 is 2.75 bits per heavy atom. The Bertz CT molecular complexity index is 220. The molecule has 0 saturated carbocycles. The van der Waals surface area contributed by atoms with Crippen molar-refractivity contribution < 1.29 is 9.53 Å². The van der Waals surface area contributed by atoms with Crippen molar-refractivity contribution in [3.63, 3.8) is 0 Å². The van der Waals surface area contributed by atoms with E-state index in [1.54, 1.807) is 6.08 Å². The Kier molecular flexibility index (Phi) is 5.98. The van der Waals surface area contributed by atoms with E-state index in [1.165, 1.54) is 19.3 Å². The molecule has 0 spiro atoms. The van der Waals surface area contributed by atoms with Gasteiger partial charge in [0.1, 0.15) is 6.61 Å². The lowest BCUT2D eigenvalue weighted by Gasteiger charge is -2.31. The van der Waals surface area contributed by atoms with Gasteiger partial charge >= 0.3 is 6.09 Å². The average Bonchev–Trinajstić information content (AvgIpc) is 2.34. The molecule has 1 aliphatic rings. The molecule has 1 saturated heterocycles. The van der Waals surface area contributed by atoms with Crippen molar-refractivity contribution in [1.29, 1.82) is 0 Å². The minimum atomic E-state index is -0.186. The van der Waals surface area contributed by atoms with E-state index in [0.717, 1.165) is 31.8 Å². The number of piperidine rings is 1. The van der Waals surface area contributed by atoms with Crippen LogP contribution in [0.1, 0.15) is 39.0 Å². The number of unbranched alkanes of at least 4 members (excludes halogenated alkanes) is 1. The van der Waals surface area contributed by atoms with Crippen LogP contribution in [0.3, 0.4) is 0 Å². The number of rotatable bonds is 5. The van der Waals surface area contributed by atoms with E-state index in [4.69, 9.17) is 4.74 Å². The Labute approximate surface area is 98.5 Å². The molecule has 3 heteroatoms. The highest BCUT2D eigenvalue weighted by Gasteiger charge is 2.22. The molecular formula is C13H23NO2. The van der Waals surface area contributed by atoms with Crippen LogP contribution in [0, 0.1) is 5.92 Å². The molecule has 0 unspecified atom stereocenters. The second-order valence-corrected chi connectivity index (χ2v) is 4.44. The van der Waals surface area contributed by atoms with Gasteiger partial charge in [-0.2, -0.15) is 0 Å². The van der Waals surface area contributed by atoms with E-state index < -0.39 is 0 Å². The lowest BCUT2D eigenvalue weighted by molar-refractivity contribution is 0.0950. The Balaban J connectivity index is 2.20. The number of nitrogens with zero attached hydrogens (tertiary/aromatic N) is 1. The lowest BCUT2D eigenvalue weighted by Crippen LogP contribution is -2.38. The summed E-state index contributed by atoms with van der Waals surface area (Å²) in [5.41, 5.74) is 0. The predicted molar refractivity (Wildman–Crippen MR) is 65.4 cm³/mol. The smallest absolute Gasteiger partial charge is 0.410 e. The van der Waals surface area contributed by atoms with Crippen molar-refractivity contribution in [2.75, 3.05) is 19.7 Å². The quantitative estimate of drug-likeness (QED) is 0.672. The van der Waals surface area contributed by atoms with Crippen LogP contribution in [0.15, 0.2) is 12.7 Å². The maximum Gasteiger partial charge on any atom is 0.410 e. The number of hydrogen-bond donors (Lipinski definition) is 0. The molecule has 0 aromatic heterocycles. The zero-order valence-electron chi connectivity index (χ0n) is 10.3. The molecule has 1 fully saturated rings. The van der Waals surface area contributed by atoms with Gasteiger partial charge < -0.3 is 9.64 Å². The molecular weight excluding hydrogens is 202 g/mol. The minimum Gasteiger partial charge on any atom is -0.445 e. The van der Waals surface area contributed by atoms with E-state index in [1.807, 2.05) is 4.90 Å². The fraction of sp³-hybridized carbons (Fsp3) is 0.769. The molecule has 0 atom stereocenters. The summed E-state index contributed by atoms with van der Waals surface area (Å²) in [6, 6.07) is 0. The Morgan fingerprint density at radius 1 is 1.50 bits per heavy atom. The first-order valence-corrected chi connectivity index (χ1v) is 6.30. The normalized spacial score (nSPS) is 17.2. The lowest BCUT2D eigenvalue weighted by atomic mass is 9.92. The highest BCUT2D eigenvalue weighted by molar-refractivity contribution is 5.67. The van der Waals surface area contributed by atoms with Gasteiger partial charge in [0.05, 0.1) is 0 Å². The van der Waals surface area contributed by atoms with Crippen LogP contribution in [-0.4, -0.2) is 30.7 Å². The van der Waals surface area contributed by atoms with Crippen LogP contribution in [0.5, 0.6) is 0 Å².